The van der Waals surface area contributed by atoms with Crippen molar-refractivity contribution in [2.24, 2.45) is 5.10 Å². The Balaban J connectivity index is 2.21. The van der Waals surface area contributed by atoms with Gasteiger partial charge in [-0.05, 0) is 26.0 Å². The Morgan fingerprint density at radius 3 is 2.73 bits per heavy atom. The molecular weight excluding hydrogens is 416 g/mol. The van der Waals surface area contributed by atoms with E-state index in [1.807, 2.05) is 0 Å². The van der Waals surface area contributed by atoms with Crippen LogP contribution in [0.3, 0.4) is 0 Å². The average molecular weight is 436 g/mol. The molecule has 1 heterocycles. The van der Waals surface area contributed by atoms with Crippen LogP contribution in [0.25, 0.3) is 0 Å². The predicted octanol–water partition coefficient (Wildman–Crippen LogP) is 2.93. The van der Waals surface area contributed by atoms with E-state index in [1.54, 1.807) is 19.2 Å². The minimum absolute atomic E-state index is 0.0382. The largest absolute Gasteiger partial charge is 0.485 e. The zero-order chi connectivity index (χ0) is 22.1. The highest BCUT2D eigenvalue weighted by Gasteiger charge is 2.26. The highest BCUT2D eigenvalue weighted by Crippen LogP contribution is 2.39. The Bertz CT molecular complexity index is 958. The van der Waals surface area contributed by atoms with Gasteiger partial charge >= 0.3 is 17.6 Å². The molecule has 0 radical (unpaired) electrons. The molecule has 11 nitrogen and oxygen atoms in total. The maximum atomic E-state index is 11.6. The number of carbonyl (C=O) groups is 2. The Morgan fingerprint density at radius 2 is 2.10 bits per heavy atom. The fourth-order valence-electron chi connectivity index (χ4n) is 2.34. The van der Waals surface area contributed by atoms with Gasteiger partial charge < -0.3 is 14.2 Å². The zero-order valence-corrected chi connectivity index (χ0v) is 17.4. The smallest absolute Gasteiger partial charge is 0.323 e. The van der Waals surface area contributed by atoms with Crippen molar-refractivity contribution in [2.45, 2.75) is 27.2 Å². The van der Waals surface area contributed by atoms with Crippen LogP contribution in [0.2, 0.25) is 0 Å². The van der Waals surface area contributed by atoms with E-state index < -0.39 is 10.9 Å². The van der Waals surface area contributed by atoms with Gasteiger partial charge in [-0.15, -0.1) is 11.3 Å². The third-order valence-electron chi connectivity index (χ3n) is 3.40. The Kier molecular flexibility index (Phi) is 8.23. The van der Waals surface area contributed by atoms with Crippen LogP contribution in [0.1, 0.15) is 32.0 Å². The topological polar surface area (TPSA) is 142 Å². The van der Waals surface area contributed by atoms with Crippen molar-refractivity contribution in [1.29, 1.82) is 0 Å². The van der Waals surface area contributed by atoms with Crippen molar-refractivity contribution in [2.75, 3.05) is 18.6 Å². The van der Waals surface area contributed by atoms with Crippen LogP contribution < -0.4 is 14.9 Å². The molecule has 0 atom stereocenters. The molecular formula is C18H20N4O7S. The van der Waals surface area contributed by atoms with Gasteiger partial charge in [-0.2, -0.15) is 5.10 Å². The van der Waals surface area contributed by atoms with Crippen LogP contribution in [0, 0.1) is 10.1 Å². The van der Waals surface area contributed by atoms with Crippen molar-refractivity contribution < 1.29 is 28.7 Å². The number of nitrogens with one attached hydrogen (secondary N) is 1. The number of nitro benzene ring substituents is 1. The summed E-state index contributed by atoms with van der Waals surface area (Å²) in [6.07, 6.45) is 1.27. The Labute approximate surface area is 175 Å². The maximum absolute atomic E-state index is 11.6. The molecule has 0 spiro atoms. The molecule has 0 aliphatic rings. The van der Waals surface area contributed by atoms with Crippen LogP contribution in [-0.4, -0.2) is 41.3 Å². The summed E-state index contributed by atoms with van der Waals surface area (Å²) in [7, 11) is 0. The number of ether oxygens (including phenoxy) is 3. The van der Waals surface area contributed by atoms with Crippen molar-refractivity contribution in [3.8, 4) is 11.5 Å². The van der Waals surface area contributed by atoms with E-state index in [0.29, 0.717) is 10.8 Å². The number of hydrazone groups is 1. The first kappa shape index (κ1) is 22.7. The Hall–Kier alpha value is -3.54. The van der Waals surface area contributed by atoms with E-state index in [9.17, 15) is 19.7 Å². The molecule has 0 bridgehead atoms. The van der Waals surface area contributed by atoms with Crippen LogP contribution in [-0.2, 0) is 20.7 Å². The summed E-state index contributed by atoms with van der Waals surface area (Å²) in [5, 5.41) is 17.6. The van der Waals surface area contributed by atoms with Crippen LogP contribution in [0.15, 0.2) is 22.6 Å². The molecule has 30 heavy (non-hydrogen) atoms. The molecule has 0 unspecified atom stereocenters. The van der Waals surface area contributed by atoms with Crippen molar-refractivity contribution in [1.82, 2.24) is 4.98 Å². The number of esters is 2. The SMILES string of the molecule is CCOC(=O)Cc1csc(NN=Cc2ccc(OC(C)=O)c(OCC)c2[N+](=O)[O-])n1. The van der Waals surface area contributed by atoms with E-state index in [-0.39, 0.29) is 48.4 Å². The number of anilines is 1. The van der Waals surface area contributed by atoms with Crippen molar-refractivity contribution >= 4 is 40.3 Å². The average Bonchev–Trinajstić information content (AvgIpc) is 3.10. The Morgan fingerprint density at radius 1 is 1.33 bits per heavy atom. The lowest BCUT2D eigenvalue weighted by Gasteiger charge is -2.11. The van der Waals surface area contributed by atoms with E-state index >= 15 is 0 Å². The lowest BCUT2D eigenvalue weighted by Crippen LogP contribution is -2.08. The minimum Gasteiger partial charge on any atom is -0.485 e. The third kappa shape index (κ3) is 6.24. The third-order valence-corrected chi connectivity index (χ3v) is 4.19. The molecule has 0 fully saturated rings. The molecule has 0 saturated carbocycles. The number of aromatic nitrogens is 1. The number of hydrogen-bond acceptors (Lipinski definition) is 11. The maximum Gasteiger partial charge on any atom is 0.323 e. The molecule has 1 N–H and O–H groups in total. The van der Waals surface area contributed by atoms with Crippen molar-refractivity contribution in [3.05, 3.63) is 38.9 Å². The molecule has 12 heteroatoms. The summed E-state index contributed by atoms with van der Waals surface area (Å²) in [6.45, 7) is 4.98. The molecule has 1 aromatic heterocycles. The van der Waals surface area contributed by atoms with Gasteiger partial charge in [0.1, 0.15) is 0 Å². The zero-order valence-electron chi connectivity index (χ0n) is 16.5. The standard InChI is InChI=1S/C18H20N4O7S/c1-4-27-15(24)8-13-10-30-18(20-13)21-19-9-12-6-7-14(29-11(3)23)17(28-5-2)16(12)22(25)26/h6-7,9-10H,4-5,8H2,1-3H3,(H,20,21). The minimum atomic E-state index is -0.639. The first-order valence-corrected chi connectivity index (χ1v) is 9.75. The molecule has 1 aromatic carbocycles. The molecule has 0 aliphatic heterocycles. The fraction of sp³-hybridized carbons (Fsp3) is 0.333. The van der Waals surface area contributed by atoms with Gasteiger partial charge in [0, 0.05) is 12.3 Å². The van der Waals surface area contributed by atoms with E-state index in [2.05, 4.69) is 15.5 Å². The molecule has 160 valence electrons. The molecule has 2 rings (SSSR count). The number of hydrogen-bond donors (Lipinski definition) is 1. The summed E-state index contributed by atoms with van der Waals surface area (Å²) in [4.78, 5) is 37.9. The number of benzene rings is 1. The first-order chi connectivity index (χ1) is 14.3. The molecule has 0 amide bonds. The molecule has 0 aliphatic carbocycles. The lowest BCUT2D eigenvalue weighted by atomic mass is 10.1. The number of nitro groups is 1. The second kappa shape index (κ2) is 10.9. The van der Waals surface area contributed by atoms with E-state index in [4.69, 9.17) is 14.2 Å². The summed E-state index contributed by atoms with van der Waals surface area (Å²) >= 11 is 1.22. The first-order valence-electron chi connectivity index (χ1n) is 8.87. The predicted molar refractivity (Wildman–Crippen MR) is 109 cm³/mol. The van der Waals surface area contributed by atoms with E-state index in [0.717, 1.165) is 0 Å². The second-order valence-corrected chi connectivity index (χ2v) is 6.47. The summed E-state index contributed by atoms with van der Waals surface area (Å²) in [5.74, 6) is -1.22. The number of nitrogens with zero attached hydrogens (tertiary/aromatic N) is 3. The van der Waals surface area contributed by atoms with Gasteiger partial charge in [0.25, 0.3) is 0 Å². The van der Waals surface area contributed by atoms with Gasteiger partial charge in [-0.1, -0.05) is 0 Å². The summed E-state index contributed by atoms with van der Waals surface area (Å²) in [5.41, 5.74) is 2.93. The van der Waals surface area contributed by atoms with Crippen LogP contribution >= 0.6 is 11.3 Å². The normalized spacial score (nSPS) is 10.6. The molecule has 2 aromatic rings. The van der Waals surface area contributed by atoms with E-state index in [1.165, 1.54) is 36.6 Å². The van der Waals surface area contributed by atoms with Gasteiger partial charge in [-0.3, -0.25) is 25.1 Å². The number of thiazole rings is 1. The van der Waals surface area contributed by atoms with Gasteiger partial charge in [-0.25, -0.2) is 4.98 Å². The van der Waals surface area contributed by atoms with Gasteiger partial charge in [0.15, 0.2) is 5.75 Å². The summed E-state index contributed by atoms with van der Waals surface area (Å²) < 4.78 is 15.2. The summed E-state index contributed by atoms with van der Waals surface area (Å²) in [6, 6.07) is 2.78. The van der Waals surface area contributed by atoms with Crippen molar-refractivity contribution in [3.63, 3.8) is 0 Å². The van der Waals surface area contributed by atoms with Gasteiger partial charge in [0.05, 0.1) is 42.0 Å². The highest BCUT2D eigenvalue weighted by molar-refractivity contribution is 7.13. The quantitative estimate of drug-likeness (QED) is 0.195. The highest BCUT2D eigenvalue weighted by atomic mass is 32.1. The number of rotatable bonds is 10. The fourth-order valence-corrected chi connectivity index (χ4v) is 2.99. The van der Waals surface area contributed by atoms with Crippen LogP contribution in [0.5, 0.6) is 11.5 Å². The molecule has 0 saturated heterocycles. The van der Waals surface area contributed by atoms with Gasteiger partial charge in [0.2, 0.25) is 10.9 Å². The number of carbonyl (C=O) groups excluding carboxylic acids is 2. The lowest BCUT2D eigenvalue weighted by molar-refractivity contribution is -0.386. The second-order valence-electron chi connectivity index (χ2n) is 5.61. The monoisotopic (exact) mass is 436 g/mol. The van der Waals surface area contributed by atoms with Crippen LogP contribution in [0.4, 0.5) is 10.8 Å².